The highest BCUT2D eigenvalue weighted by molar-refractivity contribution is 7.80. The number of nitrogens with zero attached hydrogens (tertiary/aromatic N) is 1. The molecule has 1 aromatic carbocycles. The highest BCUT2D eigenvalue weighted by Gasteiger charge is 2.26. The summed E-state index contributed by atoms with van der Waals surface area (Å²) < 4.78 is 5.22. The number of carbonyl (C=O) groups excluding carboxylic acids is 1. The lowest BCUT2D eigenvalue weighted by molar-refractivity contribution is -0.384. The number of anilines is 2. The van der Waals surface area contributed by atoms with Crippen molar-refractivity contribution in [1.82, 2.24) is 0 Å². The molecule has 0 unspecified atom stereocenters. The van der Waals surface area contributed by atoms with E-state index in [1.165, 1.54) is 28.3 Å². The molecular weight excluding hydrogens is 386 g/mol. The van der Waals surface area contributed by atoms with Crippen molar-refractivity contribution in [1.29, 1.82) is 0 Å². The molecule has 2 aromatic rings. The van der Waals surface area contributed by atoms with Crippen molar-refractivity contribution in [3.63, 3.8) is 0 Å². The van der Waals surface area contributed by atoms with Gasteiger partial charge in [0.05, 0.1) is 17.1 Å². The maximum absolute atomic E-state index is 12.5. The lowest BCUT2D eigenvalue weighted by Gasteiger charge is -2.13. The Morgan fingerprint density at radius 2 is 2.11 bits per heavy atom. The van der Waals surface area contributed by atoms with Crippen LogP contribution in [0.15, 0.2) is 24.3 Å². The molecule has 0 saturated heterocycles. The Morgan fingerprint density at radius 3 is 2.85 bits per heavy atom. The van der Waals surface area contributed by atoms with Crippen LogP contribution in [-0.2, 0) is 17.6 Å². The van der Waals surface area contributed by atoms with E-state index in [2.05, 4.69) is 10.6 Å². The first-order valence-corrected chi connectivity index (χ1v) is 9.86. The summed E-state index contributed by atoms with van der Waals surface area (Å²) in [6.45, 7) is 2.08. The van der Waals surface area contributed by atoms with E-state index in [1.807, 2.05) is 0 Å². The number of nitro benzene ring substituents is 1. The van der Waals surface area contributed by atoms with E-state index in [-0.39, 0.29) is 16.8 Å². The van der Waals surface area contributed by atoms with Gasteiger partial charge in [-0.05, 0) is 56.5 Å². The second-order valence-electron chi connectivity index (χ2n) is 6.02. The first-order chi connectivity index (χ1) is 13.0. The summed E-state index contributed by atoms with van der Waals surface area (Å²) in [7, 11) is 0. The monoisotopic (exact) mass is 405 g/mol. The predicted octanol–water partition coefficient (Wildman–Crippen LogP) is 4.52. The summed E-state index contributed by atoms with van der Waals surface area (Å²) in [6, 6.07) is 6.08. The number of ether oxygens (including phenoxy) is 1. The van der Waals surface area contributed by atoms with E-state index < -0.39 is 4.92 Å². The third-order valence-corrected chi connectivity index (χ3v) is 5.60. The molecule has 0 atom stereocenters. The number of fused-ring (bicyclic) bond motifs is 1. The zero-order valence-electron chi connectivity index (χ0n) is 14.7. The second kappa shape index (κ2) is 8.45. The normalized spacial score (nSPS) is 12.8. The first kappa shape index (κ1) is 19.2. The molecule has 0 amide bonds. The molecule has 0 spiro atoms. The molecule has 7 nitrogen and oxygen atoms in total. The second-order valence-corrected chi connectivity index (χ2v) is 7.54. The molecule has 9 heteroatoms. The number of carbonyl (C=O) groups is 1. The number of rotatable bonds is 5. The summed E-state index contributed by atoms with van der Waals surface area (Å²) in [5.41, 5.74) is 2.08. The SMILES string of the molecule is CCOC(=O)c1c(NC(=S)Nc2cccc([N+](=O)[O-])c2)sc2c1CCCC2. The van der Waals surface area contributed by atoms with Crippen LogP contribution in [0.25, 0.3) is 0 Å². The summed E-state index contributed by atoms with van der Waals surface area (Å²) in [5, 5.41) is 17.8. The Bertz CT molecular complexity index is 895. The minimum atomic E-state index is -0.464. The van der Waals surface area contributed by atoms with Crippen LogP contribution in [-0.4, -0.2) is 22.6 Å². The number of nitrogens with one attached hydrogen (secondary N) is 2. The van der Waals surface area contributed by atoms with Crippen LogP contribution >= 0.6 is 23.6 Å². The highest BCUT2D eigenvalue weighted by atomic mass is 32.1. The van der Waals surface area contributed by atoms with E-state index in [1.54, 1.807) is 19.1 Å². The quantitative estimate of drug-likeness (QED) is 0.327. The number of hydrogen-bond acceptors (Lipinski definition) is 6. The van der Waals surface area contributed by atoms with Crippen molar-refractivity contribution in [3.05, 3.63) is 50.4 Å². The summed E-state index contributed by atoms with van der Waals surface area (Å²) in [4.78, 5) is 24.1. The van der Waals surface area contributed by atoms with Gasteiger partial charge >= 0.3 is 5.97 Å². The first-order valence-electron chi connectivity index (χ1n) is 8.63. The Morgan fingerprint density at radius 1 is 1.33 bits per heavy atom. The summed E-state index contributed by atoms with van der Waals surface area (Å²) in [6.07, 6.45) is 3.95. The van der Waals surface area contributed by atoms with Gasteiger partial charge in [0, 0.05) is 22.7 Å². The molecule has 142 valence electrons. The molecule has 0 fully saturated rings. The Balaban J connectivity index is 1.81. The topological polar surface area (TPSA) is 93.5 Å². The van der Waals surface area contributed by atoms with Crippen molar-refractivity contribution in [2.24, 2.45) is 0 Å². The Kier molecular flexibility index (Phi) is 6.02. The number of aryl methyl sites for hydroxylation is 1. The average Bonchev–Trinajstić information content (AvgIpc) is 2.99. The molecule has 1 aliphatic rings. The van der Waals surface area contributed by atoms with E-state index in [9.17, 15) is 14.9 Å². The molecule has 1 heterocycles. The van der Waals surface area contributed by atoms with Crippen LogP contribution in [0, 0.1) is 10.1 Å². The maximum atomic E-state index is 12.5. The van der Waals surface area contributed by atoms with Gasteiger partial charge in [-0.15, -0.1) is 11.3 Å². The van der Waals surface area contributed by atoms with Gasteiger partial charge in [-0.1, -0.05) is 6.07 Å². The third kappa shape index (κ3) is 4.42. The van der Waals surface area contributed by atoms with Gasteiger partial charge in [-0.25, -0.2) is 4.79 Å². The number of nitro groups is 1. The predicted molar refractivity (Wildman–Crippen MR) is 110 cm³/mol. The minimum absolute atomic E-state index is 0.0263. The zero-order chi connectivity index (χ0) is 19.4. The third-order valence-electron chi connectivity index (χ3n) is 4.19. The van der Waals surface area contributed by atoms with E-state index >= 15 is 0 Å². The maximum Gasteiger partial charge on any atom is 0.341 e. The summed E-state index contributed by atoms with van der Waals surface area (Å²) in [5.74, 6) is -0.349. The van der Waals surface area contributed by atoms with Crippen LogP contribution in [0.3, 0.4) is 0 Å². The van der Waals surface area contributed by atoms with Gasteiger partial charge in [-0.3, -0.25) is 10.1 Å². The lowest BCUT2D eigenvalue weighted by Crippen LogP contribution is -2.20. The lowest BCUT2D eigenvalue weighted by atomic mass is 9.95. The van der Waals surface area contributed by atoms with Crippen molar-refractivity contribution in [2.75, 3.05) is 17.2 Å². The molecule has 3 rings (SSSR count). The van der Waals surface area contributed by atoms with Crippen molar-refractivity contribution in [2.45, 2.75) is 32.6 Å². The molecule has 1 aromatic heterocycles. The number of non-ortho nitro benzene ring substituents is 1. The van der Waals surface area contributed by atoms with E-state index in [4.69, 9.17) is 17.0 Å². The van der Waals surface area contributed by atoms with Gasteiger partial charge in [0.15, 0.2) is 5.11 Å². The average molecular weight is 406 g/mol. The standard InChI is InChI=1S/C18H19N3O4S2/c1-2-25-17(22)15-13-8-3-4-9-14(13)27-16(15)20-18(26)19-11-6-5-7-12(10-11)21(23)24/h5-7,10H,2-4,8-9H2,1H3,(H2,19,20,26). The van der Waals surface area contributed by atoms with Crippen molar-refractivity contribution < 1.29 is 14.5 Å². The molecule has 2 N–H and O–H groups in total. The smallest absolute Gasteiger partial charge is 0.341 e. The highest BCUT2D eigenvalue weighted by Crippen LogP contribution is 2.38. The van der Waals surface area contributed by atoms with Gasteiger partial charge in [0.1, 0.15) is 5.00 Å². The Hall–Kier alpha value is -2.52. The molecular formula is C18H19N3O4S2. The van der Waals surface area contributed by atoms with Gasteiger partial charge in [0.25, 0.3) is 5.69 Å². The summed E-state index contributed by atoms with van der Waals surface area (Å²) >= 11 is 6.86. The number of benzene rings is 1. The number of thiophene rings is 1. The van der Waals surface area contributed by atoms with E-state index in [0.717, 1.165) is 31.2 Å². The molecule has 0 saturated carbocycles. The number of thiocarbonyl (C=S) groups is 1. The minimum Gasteiger partial charge on any atom is -0.462 e. The molecule has 27 heavy (non-hydrogen) atoms. The largest absolute Gasteiger partial charge is 0.462 e. The van der Waals surface area contributed by atoms with Gasteiger partial charge < -0.3 is 15.4 Å². The zero-order valence-corrected chi connectivity index (χ0v) is 16.4. The van der Waals surface area contributed by atoms with Gasteiger partial charge in [-0.2, -0.15) is 0 Å². The number of hydrogen-bond donors (Lipinski definition) is 2. The van der Waals surface area contributed by atoms with Crippen LogP contribution < -0.4 is 10.6 Å². The van der Waals surface area contributed by atoms with Crippen molar-refractivity contribution in [3.8, 4) is 0 Å². The van der Waals surface area contributed by atoms with Crippen LogP contribution in [0.5, 0.6) is 0 Å². The van der Waals surface area contributed by atoms with Crippen LogP contribution in [0.1, 0.15) is 40.6 Å². The van der Waals surface area contributed by atoms with Gasteiger partial charge in [0.2, 0.25) is 0 Å². The fourth-order valence-corrected chi connectivity index (χ4v) is 4.60. The molecule has 1 aliphatic carbocycles. The Labute approximate surface area is 165 Å². The molecule has 0 bridgehead atoms. The van der Waals surface area contributed by atoms with Crippen molar-refractivity contribution >= 4 is 51.0 Å². The molecule has 0 radical (unpaired) electrons. The van der Waals surface area contributed by atoms with Crippen LogP contribution in [0.2, 0.25) is 0 Å². The number of esters is 1. The molecule has 0 aliphatic heterocycles. The van der Waals surface area contributed by atoms with E-state index in [0.29, 0.717) is 22.9 Å². The van der Waals surface area contributed by atoms with Crippen LogP contribution in [0.4, 0.5) is 16.4 Å². The fraction of sp³-hybridized carbons (Fsp3) is 0.333. The fourth-order valence-electron chi connectivity index (χ4n) is 3.04.